The molecule has 0 rings (SSSR count). The van der Waals surface area contributed by atoms with Gasteiger partial charge in [-0.1, -0.05) is 0 Å². The van der Waals surface area contributed by atoms with Gasteiger partial charge in [0.2, 0.25) is 0 Å². The predicted octanol–water partition coefficient (Wildman–Crippen LogP) is 3.93. The molecule has 0 N–H and O–H groups in total. The fraction of sp³-hybridized carbons (Fsp3) is 1.00. The van der Waals surface area contributed by atoms with Crippen molar-refractivity contribution in [3.8, 4) is 0 Å². The number of hydrogen-bond acceptors (Lipinski definition) is 0. The molecule has 0 bridgehead atoms. The van der Waals surface area contributed by atoms with Crippen molar-refractivity contribution >= 4 is 55.7 Å². The van der Waals surface area contributed by atoms with Gasteiger partial charge in [0.15, 0.2) is 0 Å². The monoisotopic (exact) mass is 438 g/mol. The molecule has 0 saturated carbocycles. The molecule has 0 aliphatic heterocycles. The van der Waals surface area contributed by atoms with Gasteiger partial charge in [0.05, 0.1) is 0 Å². The van der Waals surface area contributed by atoms with Crippen LogP contribution in [0.4, 0.5) is 0 Å². The Kier molecular flexibility index (Phi) is 8.75. The van der Waals surface area contributed by atoms with Gasteiger partial charge < -0.3 is 0 Å². The summed E-state index contributed by atoms with van der Waals surface area (Å²) in [5, 5.41) is 0. The Hall–Kier alpha value is 1.98. The van der Waals surface area contributed by atoms with E-state index in [2.05, 4.69) is 84.6 Å². The first kappa shape index (κ1) is 19.3. The molecule has 0 aromatic heterocycles. The van der Waals surface area contributed by atoms with Gasteiger partial charge in [0, 0.05) is 0 Å². The van der Waals surface area contributed by atoms with Gasteiger partial charge in [0.25, 0.3) is 0 Å². The van der Waals surface area contributed by atoms with E-state index in [0.717, 1.165) is 0 Å². The molecule has 0 aromatic carbocycles. The van der Waals surface area contributed by atoms with E-state index in [4.69, 9.17) is 0 Å². The summed E-state index contributed by atoms with van der Waals surface area (Å²) in [7, 11) is -1.63. The van der Waals surface area contributed by atoms with Gasteiger partial charge in [-0.3, -0.25) is 0 Å². The third kappa shape index (κ3) is 7.83. The van der Waals surface area contributed by atoms with E-state index >= 15 is 0 Å². The third-order valence-electron chi connectivity index (χ3n) is 2.86. The van der Waals surface area contributed by atoms with Crippen molar-refractivity contribution in [2.45, 2.75) is 63.1 Å². The van der Waals surface area contributed by atoms with Crippen molar-refractivity contribution in [3.63, 3.8) is 0 Å². The van der Waals surface area contributed by atoms with Crippen LogP contribution in [0.2, 0.25) is 63.1 Å². The molecule has 0 aliphatic rings. The first-order valence-corrected chi connectivity index (χ1v) is 26.9. The first-order valence-electron chi connectivity index (χ1n) is 5.70. The molecule has 0 nitrogen and oxygen atoms in total. The molecule has 0 unspecified atom stereocenters. The number of rotatable bonds is 2. The average Bonchev–Trinajstić information content (AvgIpc) is 1.79. The van der Waals surface area contributed by atoms with Crippen molar-refractivity contribution in [1.82, 2.24) is 0 Å². The Balaban J connectivity index is 0. The fourth-order valence-corrected chi connectivity index (χ4v) is 30.4. The van der Waals surface area contributed by atoms with Crippen LogP contribution < -0.4 is 0 Å². The molecule has 0 amide bonds. The molecule has 0 spiro atoms. The molecule has 0 heterocycles. The van der Waals surface area contributed by atoms with Crippen LogP contribution in [-0.2, 0) is 0 Å². The Labute approximate surface area is 118 Å². The maximum absolute atomic E-state index is 2.62. The van der Waals surface area contributed by atoms with Crippen LogP contribution in [0.3, 0.4) is 0 Å². The summed E-state index contributed by atoms with van der Waals surface area (Å²) in [6, 6.07) is 0. The van der Waals surface area contributed by atoms with E-state index in [9.17, 15) is 0 Å². The summed E-state index contributed by atoms with van der Waals surface area (Å²) in [5.74, 6) is 7.00. The minimum absolute atomic E-state index is 0.333. The average molecular weight is 435 g/mol. The Morgan fingerprint density at radius 2 is 0.800 bits per heavy atom. The summed E-state index contributed by atoms with van der Waals surface area (Å²) < 4.78 is -0.819. The van der Waals surface area contributed by atoms with Crippen LogP contribution in [0.15, 0.2) is 0 Å². The molecule has 2 radical (unpaired) electrons. The van der Waals surface area contributed by atoms with E-state index < -0.39 is 19.8 Å². The van der Waals surface area contributed by atoms with Crippen LogP contribution >= 0.6 is 0 Å². The molecule has 15 heavy (non-hydrogen) atoms. The molecule has 0 aromatic rings. The van der Waals surface area contributed by atoms with Gasteiger partial charge >= 0.3 is 119 Å². The molecule has 5 heteroatoms. The zero-order valence-corrected chi connectivity index (χ0v) is 19.8. The minimum atomic E-state index is -0.819. The van der Waals surface area contributed by atoms with Gasteiger partial charge in [-0.05, 0) is 0 Å². The van der Waals surface area contributed by atoms with Crippen LogP contribution in [-0.4, -0.2) is 55.7 Å². The molecule has 92 valence electrons. The first-order chi connectivity index (χ1) is 6.23. The SMILES string of the molecule is C[Si](C)(C)[Si](C)([Te])[Si](C)(C)C.[CH3][Ge]([CH3])[CH3]. The second-order valence-corrected chi connectivity index (χ2v) is 54.6. The normalized spacial score (nSPS) is 13.6. The molecule has 0 atom stereocenters. The summed E-state index contributed by atoms with van der Waals surface area (Å²) in [6.45, 7) is 18.0. The van der Waals surface area contributed by atoms with Gasteiger partial charge in [-0.2, -0.15) is 0 Å². The van der Waals surface area contributed by atoms with E-state index in [-0.39, 0.29) is 14.3 Å². The summed E-state index contributed by atoms with van der Waals surface area (Å²) in [5.41, 5.74) is 0. The Morgan fingerprint density at radius 1 is 0.667 bits per heavy atom. The van der Waals surface area contributed by atoms with E-state index in [1.807, 2.05) is 0 Å². The molecular weight excluding hydrogens is 405 g/mol. The third-order valence-corrected chi connectivity index (χ3v) is 70.7. The van der Waals surface area contributed by atoms with Crippen LogP contribution in [0.5, 0.6) is 0 Å². The molecule has 0 fully saturated rings. The zero-order chi connectivity index (χ0) is 13.1. The Morgan fingerprint density at radius 3 is 0.800 bits per heavy atom. The van der Waals surface area contributed by atoms with Gasteiger partial charge in [-0.15, -0.1) is 0 Å². The van der Waals surface area contributed by atoms with Crippen molar-refractivity contribution in [3.05, 3.63) is 0 Å². The molecular formula is C10H30GeSi3Te. The van der Waals surface area contributed by atoms with Crippen molar-refractivity contribution in [2.75, 3.05) is 0 Å². The van der Waals surface area contributed by atoms with Crippen molar-refractivity contribution in [2.24, 2.45) is 0 Å². The van der Waals surface area contributed by atoms with Crippen LogP contribution in [0.1, 0.15) is 0 Å². The van der Waals surface area contributed by atoms with Crippen molar-refractivity contribution in [1.29, 1.82) is 0 Å². The zero-order valence-electron chi connectivity index (χ0n) is 12.4. The second-order valence-electron chi connectivity index (χ2n) is 7.03. The topological polar surface area (TPSA) is 0 Å². The summed E-state index contributed by atoms with van der Waals surface area (Å²) >= 11 is 2.20. The standard InChI is InChI=1S/C7H21Si3Te.C3H9Ge/c1-8(2,3)10(7,11)9(4,5)6;1-4(2)3/h1-7H3;1-3H3. The van der Waals surface area contributed by atoms with E-state index in [1.165, 1.54) is 0 Å². The maximum atomic E-state index is 2.62. The summed E-state index contributed by atoms with van der Waals surface area (Å²) in [6.07, 6.45) is 0. The second kappa shape index (κ2) is 6.79. The molecule has 0 saturated heterocycles. The summed E-state index contributed by atoms with van der Waals surface area (Å²) in [4.78, 5) is 0. The van der Waals surface area contributed by atoms with Crippen molar-refractivity contribution < 1.29 is 0 Å². The fourth-order valence-electron chi connectivity index (χ4n) is 1.12. The molecule has 0 aliphatic carbocycles. The quantitative estimate of drug-likeness (QED) is 0.578. The Bertz CT molecular complexity index is 161. The van der Waals surface area contributed by atoms with Gasteiger partial charge in [-0.25, -0.2) is 0 Å². The predicted molar refractivity (Wildman–Crippen MR) is 87.4 cm³/mol. The van der Waals surface area contributed by atoms with Crippen LogP contribution in [0.25, 0.3) is 0 Å². The van der Waals surface area contributed by atoms with Gasteiger partial charge in [0.1, 0.15) is 0 Å². The van der Waals surface area contributed by atoms with E-state index in [0.29, 0.717) is 0 Å². The number of hydrogen-bond donors (Lipinski definition) is 0. The van der Waals surface area contributed by atoms with Crippen LogP contribution in [0, 0.1) is 0 Å². The van der Waals surface area contributed by atoms with E-state index in [1.54, 1.807) is 0 Å².